The fraction of sp³-hybridized carbons (Fsp3) is 0.120. The molecule has 0 saturated carbocycles. The zero-order valence-corrected chi connectivity index (χ0v) is 27.5. The van der Waals surface area contributed by atoms with Crippen molar-refractivity contribution in [2.45, 2.75) is 13.5 Å². The number of halogens is 6. The van der Waals surface area contributed by atoms with Crippen LogP contribution in [-0.2, 0) is 11.4 Å². The number of benzene rings is 3. The standard InChI is InChI=1S/C25H16BrCl3I2N2O2S/c1-2-33-24(34)22(36-25(33)32-15-4-5-16(26)18(28)11-15)10-14-8-20(30)23(21(31)9-14)35-12-13-3-6-17(27)19(29)7-13/h3-11H,2,12H2,1H3/b22-10+,32-25?. The lowest BCUT2D eigenvalue weighted by Crippen LogP contribution is -2.28. The minimum atomic E-state index is -0.0746. The summed E-state index contributed by atoms with van der Waals surface area (Å²) < 4.78 is 8.75. The predicted molar refractivity (Wildman–Crippen MR) is 172 cm³/mol. The van der Waals surface area contributed by atoms with Crippen LogP contribution in [0.2, 0.25) is 15.1 Å². The molecule has 0 bridgehead atoms. The third-order valence-corrected chi connectivity index (χ3v) is 9.60. The Hall–Kier alpha value is -0.500. The topological polar surface area (TPSA) is 41.9 Å². The summed E-state index contributed by atoms with van der Waals surface area (Å²) in [6.07, 6.45) is 1.89. The largest absolute Gasteiger partial charge is 0.487 e. The van der Waals surface area contributed by atoms with Gasteiger partial charge < -0.3 is 4.74 Å². The van der Waals surface area contributed by atoms with Crippen LogP contribution >= 0.6 is 108 Å². The molecular formula is C25H16BrCl3I2N2O2S. The molecule has 11 heteroatoms. The number of amidine groups is 1. The maximum absolute atomic E-state index is 13.1. The molecule has 0 radical (unpaired) electrons. The number of hydrogen-bond acceptors (Lipinski definition) is 4. The molecule has 0 aromatic heterocycles. The lowest BCUT2D eigenvalue weighted by atomic mass is 10.2. The van der Waals surface area contributed by atoms with Crippen LogP contribution in [0.15, 0.2) is 62.9 Å². The van der Waals surface area contributed by atoms with E-state index in [4.69, 9.17) is 39.5 Å². The van der Waals surface area contributed by atoms with Gasteiger partial charge in [0.2, 0.25) is 0 Å². The van der Waals surface area contributed by atoms with Gasteiger partial charge in [0, 0.05) is 11.0 Å². The summed E-state index contributed by atoms with van der Waals surface area (Å²) in [6, 6.07) is 14.9. The molecule has 3 aromatic carbocycles. The first-order valence-corrected chi connectivity index (χ1v) is 15.4. The minimum Gasteiger partial charge on any atom is -0.487 e. The van der Waals surface area contributed by atoms with Crippen LogP contribution in [0.4, 0.5) is 5.69 Å². The molecule has 186 valence electrons. The number of carbonyl (C=O) groups is 1. The van der Waals surface area contributed by atoms with Crippen molar-refractivity contribution in [3.8, 4) is 5.75 Å². The van der Waals surface area contributed by atoms with Crippen molar-refractivity contribution < 1.29 is 9.53 Å². The number of amides is 1. The molecule has 4 nitrogen and oxygen atoms in total. The highest BCUT2D eigenvalue weighted by Gasteiger charge is 2.32. The summed E-state index contributed by atoms with van der Waals surface area (Å²) in [5.41, 5.74) is 2.52. The van der Waals surface area contributed by atoms with Crippen LogP contribution in [0, 0.1) is 7.14 Å². The van der Waals surface area contributed by atoms with Gasteiger partial charge in [0.1, 0.15) is 12.4 Å². The van der Waals surface area contributed by atoms with Crippen molar-refractivity contribution in [2.75, 3.05) is 6.54 Å². The van der Waals surface area contributed by atoms with E-state index in [9.17, 15) is 4.79 Å². The summed E-state index contributed by atoms with van der Waals surface area (Å²) >= 11 is 27.6. The van der Waals surface area contributed by atoms with E-state index in [2.05, 4.69) is 66.1 Å². The Bertz CT molecular complexity index is 1400. The first kappa shape index (κ1) is 28.5. The average Bonchev–Trinajstić information content (AvgIpc) is 3.11. The molecule has 0 aliphatic carbocycles. The zero-order chi connectivity index (χ0) is 26.0. The Kier molecular flexibility index (Phi) is 9.95. The lowest BCUT2D eigenvalue weighted by molar-refractivity contribution is -0.122. The molecule has 1 fully saturated rings. The van der Waals surface area contributed by atoms with Gasteiger partial charge in [0.15, 0.2) is 5.17 Å². The summed E-state index contributed by atoms with van der Waals surface area (Å²) in [4.78, 5) is 20.0. The summed E-state index contributed by atoms with van der Waals surface area (Å²) in [5.74, 6) is 0.703. The fourth-order valence-corrected chi connectivity index (χ4v) is 7.20. The highest BCUT2D eigenvalue weighted by Crippen LogP contribution is 2.37. The predicted octanol–water partition coefficient (Wildman–Crippen LogP) is 9.82. The maximum atomic E-state index is 13.1. The SMILES string of the molecule is CCN1C(=O)/C(=C\c2cc(I)c(OCc3ccc(Cl)c(Cl)c3)c(I)c2)SC1=Nc1ccc(Br)c(Cl)c1. The smallest absolute Gasteiger partial charge is 0.266 e. The molecule has 1 amide bonds. The summed E-state index contributed by atoms with van der Waals surface area (Å²) in [7, 11) is 0. The quantitative estimate of drug-likeness (QED) is 0.183. The van der Waals surface area contributed by atoms with Crippen LogP contribution in [0.3, 0.4) is 0 Å². The normalized spacial score (nSPS) is 15.9. The van der Waals surface area contributed by atoms with Crippen LogP contribution in [0.5, 0.6) is 5.75 Å². The van der Waals surface area contributed by atoms with Gasteiger partial charge >= 0.3 is 0 Å². The van der Waals surface area contributed by atoms with E-state index in [-0.39, 0.29) is 5.91 Å². The first-order chi connectivity index (χ1) is 17.2. The van der Waals surface area contributed by atoms with E-state index in [1.54, 1.807) is 23.1 Å². The second-order valence-corrected chi connectivity index (χ2v) is 12.9. The Morgan fingerprint density at radius 2 is 1.75 bits per heavy atom. The second kappa shape index (κ2) is 12.6. The van der Waals surface area contributed by atoms with E-state index in [1.165, 1.54) is 11.8 Å². The van der Waals surface area contributed by atoms with E-state index >= 15 is 0 Å². The Morgan fingerprint density at radius 3 is 2.39 bits per heavy atom. The molecule has 3 aromatic rings. The van der Waals surface area contributed by atoms with Gasteiger partial charge in [0.25, 0.3) is 5.91 Å². The number of aliphatic imine (C=N–C) groups is 1. The Balaban J connectivity index is 1.56. The first-order valence-electron chi connectivity index (χ1n) is 10.5. The molecule has 4 rings (SSSR count). The average molecular weight is 849 g/mol. The number of carbonyl (C=O) groups excluding carboxylic acids is 1. The number of hydrogen-bond donors (Lipinski definition) is 0. The lowest BCUT2D eigenvalue weighted by Gasteiger charge is -2.12. The van der Waals surface area contributed by atoms with E-state index in [0.29, 0.717) is 44.0 Å². The molecule has 0 N–H and O–H groups in total. The van der Waals surface area contributed by atoms with Crippen molar-refractivity contribution in [2.24, 2.45) is 4.99 Å². The third kappa shape index (κ3) is 6.73. The Morgan fingerprint density at radius 1 is 1.03 bits per heavy atom. The molecule has 0 atom stereocenters. The summed E-state index contributed by atoms with van der Waals surface area (Å²) in [5, 5.41) is 2.20. The zero-order valence-electron chi connectivity index (χ0n) is 18.5. The minimum absolute atomic E-state index is 0.0746. The number of nitrogens with zero attached hydrogens (tertiary/aromatic N) is 2. The van der Waals surface area contributed by atoms with Crippen molar-refractivity contribution in [3.05, 3.63) is 91.2 Å². The van der Waals surface area contributed by atoms with Crippen molar-refractivity contribution >= 4 is 131 Å². The molecule has 1 heterocycles. The molecular weight excluding hydrogens is 832 g/mol. The van der Waals surface area contributed by atoms with Gasteiger partial charge in [-0.1, -0.05) is 40.9 Å². The van der Waals surface area contributed by atoms with Gasteiger partial charge in [-0.2, -0.15) is 0 Å². The maximum Gasteiger partial charge on any atom is 0.266 e. The Labute approximate surface area is 264 Å². The van der Waals surface area contributed by atoms with Crippen molar-refractivity contribution in [1.82, 2.24) is 4.90 Å². The van der Waals surface area contributed by atoms with Crippen LogP contribution in [0.1, 0.15) is 18.1 Å². The molecule has 36 heavy (non-hydrogen) atoms. The van der Waals surface area contributed by atoms with E-state index in [1.807, 2.05) is 43.3 Å². The number of likely N-dealkylation sites (N-methyl/N-ethyl adjacent to an activating group) is 1. The van der Waals surface area contributed by atoms with Crippen LogP contribution < -0.4 is 4.74 Å². The number of ether oxygens (including phenoxy) is 1. The van der Waals surface area contributed by atoms with Crippen LogP contribution in [-0.4, -0.2) is 22.5 Å². The van der Waals surface area contributed by atoms with E-state index in [0.717, 1.165) is 28.5 Å². The van der Waals surface area contributed by atoms with E-state index < -0.39 is 0 Å². The third-order valence-electron chi connectivity index (χ3n) is 5.02. The van der Waals surface area contributed by atoms with Gasteiger partial charge in [-0.15, -0.1) is 0 Å². The van der Waals surface area contributed by atoms with Gasteiger partial charge in [-0.3, -0.25) is 9.69 Å². The second-order valence-electron chi connectivity index (χ2n) is 7.50. The van der Waals surface area contributed by atoms with Crippen molar-refractivity contribution in [1.29, 1.82) is 0 Å². The fourth-order valence-electron chi connectivity index (χ4n) is 3.27. The molecule has 1 aliphatic heterocycles. The van der Waals surface area contributed by atoms with Crippen molar-refractivity contribution in [3.63, 3.8) is 0 Å². The van der Waals surface area contributed by atoms with Gasteiger partial charge in [0.05, 0.1) is 32.8 Å². The summed E-state index contributed by atoms with van der Waals surface area (Å²) in [6.45, 7) is 2.81. The highest BCUT2D eigenvalue weighted by atomic mass is 127. The van der Waals surface area contributed by atoms with Gasteiger partial charge in [-0.25, -0.2) is 4.99 Å². The van der Waals surface area contributed by atoms with Crippen LogP contribution in [0.25, 0.3) is 6.08 Å². The number of rotatable bonds is 6. The molecule has 0 spiro atoms. The molecule has 0 unspecified atom stereocenters. The molecule has 1 aliphatic rings. The highest BCUT2D eigenvalue weighted by molar-refractivity contribution is 14.1. The molecule has 1 saturated heterocycles. The monoisotopic (exact) mass is 846 g/mol. The number of thioether (sulfide) groups is 1. The van der Waals surface area contributed by atoms with Gasteiger partial charge in [-0.05, 0) is 139 Å².